The zero-order valence-electron chi connectivity index (χ0n) is 17.7. The predicted octanol–water partition coefficient (Wildman–Crippen LogP) is 4.11. The smallest absolute Gasteiger partial charge is 0.308 e. The highest BCUT2D eigenvalue weighted by Gasteiger charge is 2.12. The number of rotatable bonds is 12. The Morgan fingerprint density at radius 3 is 2.47 bits per heavy atom. The van der Waals surface area contributed by atoms with Crippen LogP contribution in [0.1, 0.15) is 44.2 Å². The average Bonchev–Trinajstić information content (AvgIpc) is 2.75. The van der Waals surface area contributed by atoms with Crippen LogP contribution in [-0.4, -0.2) is 35.8 Å². The minimum absolute atomic E-state index is 0.0304. The quantitative estimate of drug-likeness (QED) is 0.363. The molecule has 0 aliphatic heterocycles. The van der Waals surface area contributed by atoms with Gasteiger partial charge in [0.1, 0.15) is 0 Å². The molecule has 2 rings (SSSR count). The molecule has 6 nitrogen and oxygen atoms in total. The Bertz CT molecular complexity index is 850. The summed E-state index contributed by atoms with van der Waals surface area (Å²) in [6, 6.07) is 17.7. The van der Waals surface area contributed by atoms with E-state index in [4.69, 9.17) is 5.11 Å². The molecule has 160 valence electrons. The lowest BCUT2D eigenvalue weighted by molar-refractivity contribution is -0.140. The van der Waals surface area contributed by atoms with Gasteiger partial charge in [-0.15, -0.1) is 0 Å². The van der Waals surface area contributed by atoms with Gasteiger partial charge in [0, 0.05) is 29.9 Å². The Morgan fingerprint density at radius 1 is 1.03 bits per heavy atom. The van der Waals surface area contributed by atoms with Crippen molar-refractivity contribution in [2.24, 2.45) is 10.9 Å². The van der Waals surface area contributed by atoms with Gasteiger partial charge in [0.05, 0.1) is 12.5 Å². The van der Waals surface area contributed by atoms with E-state index in [1.54, 1.807) is 6.92 Å². The number of anilines is 1. The van der Waals surface area contributed by atoms with Crippen LogP contribution in [0.5, 0.6) is 0 Å². The van der Waals surface area contributed by atoms with Gasteiger partial charge in [-0.05, 0) is 37.9 Å². The van der Waals surface area contributed by atoms with Crippen molar-refractivity contribution in [2.45, 2.75) is 39.7 Å². The molecular weight excluding hydrogens is 378 g/mol. The van der Waals surface area contributed by atoms with E-state index in [2.05, 4.69) is 27.8 Å². The molecule has 1 atom stereocenters. The van der Waals surface area contributed by atoms with Gasteiger partial charge in [-0.3, -0.25) is 14.6 Å². The third-order valence-corrected chi connectivity index (χ3v) is 4.79. The number of benzene rings is 2. The van der Waals surface area contributed by atoms with Gasteiger partial charge >= 0.3 is 5.97 Å². The van der Waals surface area contributed by atoms with Crippen LogP contribution in [-0.2, 0) is 16.1 Å². The van der Waals surface area contributed by atoms with Gasteiger partial charge in [0.15, 0.2) is 0 Å². The molecule has 0 spiro atoms. The zero-order chi connectivity index (χ0) is 21.8. The van der Waals surface area contributed by atoms with Crippen LogP contribution >= 0.6 is 0 Å². The third kappa shape index (κ3) is 8.17. The maximum atomic E-state index is 12.3. The molecule has 30 heavy (non-hydrogen) atoms. The molecule has 0 saturated carbocycles. The Balaban J connectivity index is 1.77. The second-order valence-corrected chi connectivity index (χ2v) is 7.38. The van der Waals surface area contributed by atoms with Gasteiger partial charge in [-0.2, -0.15) is 0 Å². The minimum Gasteiger partial charge on any atom is -0.481 e. The molecule has 0 saturated heterocycles. The van der Waals surface area contributed by atoms with Crippen LogP contribution in [0.15, 0.2) is 59.6 Å². The molecule has 0 fully saturated rings. The summed E-state index contributed by atoms with van der Waals surface area (Å²) in [5.41, 5.74) is 3.48. The summed E-state index contributed by atoms with van der Waals surface area (Å²) in [6.07, 6.45) is 2.18. The number of hydrogen-bond donors (Lipinski definition) is 3. The fourth-order valence-electron chi connectivity index (χ4n) is 2.92. The number of aliphatic imine (C=N–C) groups is 1. The minimum atomic E-state index is -0.869. The third-order valence-electron chi connectivity index (χ3n) is 4.79. The lowest BCUT2D eigenvalue weighted by atomic mass is 10.1. The molecule has 1 amide bonds. The Labute approximate surface area is 178 Å². The average molecular weight is 410 g/mol. The fraction of sp³-hybridized carbons (Fsp3) is 0.375. The monoisotopic (exact) mass is 409 g/mol. The van der Waals surface area contributed by atoms with E-state index in [0.29, 0.717) is 17.8 Å². The molecular formula is C24H31N3O3. The fourth-order valence-corrected chi connectivity index (χ4v) is 2.92. The van der Waals surface area contributed by atoms with Crippen molar-refractivity contribution < 1.29 is 14.7 Å². The van der Waals surface area contributed by atoms with Gasteiger partial charge < -0.3 is 15.7 Å². The summed E-state index contributed by atoms with van der Waals surface area (Å²) >= 11 is 0. The molecule has 1 unspecified atom stereocenters. The van der Waals surface area contributed by atoms with Gasteiger partial charge in [0.2, 0.25) is 5.91 Å². The number of nitrogens with zero attached hydrogens (tertiary/aromatic N) is 1. The number of carboxylic acids is 1. The number of unbranched alkanes of at least 4 members (excludes halogenated alkanes) is 1. The topological polar surface area (TPSA) is 90.8 Å². The second kappa shape index (κ2) is 12.5. The number of nitrogens with one attached hydrogen (secondary N) is 2. The van der Waals surface area contributed by atoms with Crippen LogP contribution < -0.4 is 10.6 Å². The zero-order valence-corrected chi connectivity index (χ0v) is 17.7. The van der Waals surface area contributed by atoms with E-state index in [1.807, 2.05) is 49.4 Å². The van der Waals surface area contributed by atoms with Gasteiger partial charge in [0.25, 0.3) is 0 Å². The molecule has 0 aromatic heterocycles. The first-order valence-electron chi connectivity index (χ1n) is 10.3. The van der Waals surface area contributed by atoms with Crippen molar-refractivity contribution >= 4 is 23.3 Å². The van der Waals surface area contributed by atoms with Crippen LogP contribution in [0, 0.1) is 5.92 Å². The molecule has 0 heterocycles. The van der Waals surface area contributed by atoms with Crippen molar-refractivity contribution in [2.75, 3.05) is 18.4 Å². The SMILES string of the molecule is CC(=NCC(C)C(=O)O)c1ccccc1NC(=O)CCCCNCc1ccccc1. The first-order valence-corrected chi connectivity index (χ1v) is 10.3. The van der Waals surface area contributed by atoms with Crippen molar-refractivity contribution in [1.29, 1.82) is 0 Å². The molecule has 3 N–H and O–H groups in total. The Hall–Kier alpha value is -2.99. The van der Waals surface area contributed by atoms with Crippen molar-refractivity contribution in [3.63, 3.8) is 0 Å². The number of para-hydroxylation sites is 1. The summed E-state index contributed by atoms with van der Waals surface area (Å²) in [5, 5.41) is 15.4. The standard InChI is InChI=1S/C24H31N3O3/c1-18(24(29)30)16-26-19(2)21-12-6-7-13-22(21)27-23(28)14-8-9-15-25-17-20-10-4-3-5-11-20/h3-7,10-13,18,25H,8-9,14-17H2,1-2H3,(H,27,28)(H,29,30). The normalized spacial score (nSPS) is 12.4. The van der Waals surface area contributed by atoms with E-state index >= 15 is 0 Å². The summed E-state index contributed by atoms with van der Waals surface area (Å²) in [4.78, 5) is 27.7. The maximum Gasteiger partial charge on any atom is 0.308 e. The molecule has 2 aromatic carbocycles. The molecule has 0 radical (unpaired) electrons. The highest BCUT2D eigenvalue weighted by molar-refractivity contribution is 6.06. The summed E-state index contributed by atoms with van der Waals surface area (Å²) in [6.45, 7) is 5.37. The largest absolute Gasteiger partial charge is 0.481 e. The van der Waals surface area contributed by atoms with Crippen LogP contribution in [0.2, 0.25) is 0 Å². The number of carbonyl (C=O) groups is 2. The van der Waals surface area contributed by atoms with E-state index < -0.39 is 11.9 Å². The summed E-state index contributed by atoms with van der Waals surface area (Å²) in [7, 11) is 0. The highest BCUT2D eigenvalue weighted by Crippen LogP contribution is 2.17. The van der Waals surface area contributed by atoms with Crippen LogP contribution in [0.25, 0.3) is 0 Å². The lowest BCUT2D eigenvalue weighted by Gasteiger charge is -2.12. The van der Waals surface area contributed by atoms with Gasteiger partial charge in [-0.25, -0.2) is 0 Å². The van der Waals surface area contributed by atoms with E-state index in [1.165, 1.54) is 5.56 Å². The van der Waals surface area contributed by atoms with Crippen LogP contribution in [0.3, 0.4) is 0 Å². The number of aliphatic carboxylic acids is 1. The number of carboxylic acid groups (broad SMARTS) is 1. The molecule has 0 bridgehead atoms. The van der Waals surface area contributed by atoms with Gasteiger partial charge in [-0.1, -0.05) is 55.5 Å². The van der Waals surface area contributed by atoms with E-state index in [0.717, 1.165) is 31.5 Å². The highest BCUT2D eigenvalue weighted by atomic mass is 16.4. The molecule has 0 aliphatic carbocycles. The predicted molar refractivity (Wildman–Crippen MR) is 121 cm³/mol. The van der Waals surface area contributed by atoms with Crippen LogP contribution in [0.4, 0.5) is 5.69 Å². The van der Waals surface area contributed by atoms with E-state index in [9.17, 15) is 9.59 Å². The summed E-state index contributed by atoms with van der Waals surface area (Å²) in [5.74, 6) is -1.44. The second-order valence-electron chi connectivity index (χ2n) is 7.38. The summed E-state index contributed by atoms with van der Waals surface area (Å²) < 4.78 is 0. The number of amides is 1. The van der Waals surface area contributed by atoms with Crippen molar-refractivity contribution in [3.8, 4) is 0 Å². The maximum absolute atomic E-state index is 12.3. The van der Waals surface area contributed by atoms with Crippen molar-refractivity contribution in [1.82, 2.24) is 5.32 Å². The van der Waals surface area contributed by atoms with Crippen molar-refractivity contribution in [3.05, 3.63) is 65.7 Å². The Kier molecular flexibility index (Phi) is 9.74. The number of hydrogen-bond acceptors (Lipinski definition) is 4. The molecule has 2 aromatic rings. The Morgan fingerprint density at radius 2 is 1.73 bits per heavy atom. The number of carbonyl (C=O) groups excluding carboxylic acids is 1. The molecule has 0 aliphatic rings. The van der Waals surface area contributed by atoms with E-state index in [-0.39, 0.29) is 12.5 Å². The molecule has 6 heteroatoms. The first-order chi connectivity index (χ1) is 14.5. The first kappa shape index (κ1) is 23.3. The lowest BCUT2D eigenvalue weighted by Crippen LogP contribution is -2.17.